The van der Waals surface area contributed by atoms with E-state index in [1.165, 1.54) is 43.7 Å². The van der Waals surface area contributed by atoms with E-state index in [2.05, 4.69) is 19.9 Å². The number of hydrogen-bond donors (Lipinski definition) is 0. The summed E-state index contributed by atoms with van der Waals surface area (Å²) in [6.07, 6.45) is 11.0. The molecular weight excluding hydrogens is 383 g/mol. The molecule has 3 nitrogen and oxygen atoms in total. The molecule has 0 atom stereocenters. The van der Waals surface area contributed by atoms with E-state index in [-0.39, 0.29) is 56.3 Å². The van der Waals surface area contributed by atoms with Crippen molar-refractivity contribution in [3.05, 3.63) is 41.5 Å². The second-order valence-electron chi connectivity index (χ2n) is 7.13. The summed E-state index contributed by atoms with van der Waals surface area (Å²) in [5.74, 6) is 0. The minimum atomic E-state index is -4.48. The molecule has 2 rings (SSSR count). The van der Waals surface area contributed by atoms with Crippen molar-refractivity contribution in [2.45, 2.75) is 83.0 Å². The van der Waals surface area contributed by atoms with Gasteiger partial charge in [0.05, 0.1) is 4.90 Å². The minimum Gasteiger partial charge on any atom is -0.744 e. The second-order valence-corrected chi connectivity index (χ2v) is 8.48. The molecule has 2 aromatic carbocycles. The number of benzene rings is 2. The normalized spacial score (nSPS) is 11.5. The van der Waals surface area contributed by atoms with Crippen molar-refractivity contribution < 1.29 is 64.4 Å². The first kappa shape index (κ1) is 25.3. The van der Waals surface area contributed by atoms with Gasteiger partial charge in [-0.15, -0.1) is 0 Å². The Morgan fingerprint density at radius 1 is 0.815 bits per heavy atom. The molecule has 0 aliphatic rings. The molecule has 0 heterocycles. The van der Waals surface area contributed by atoms with Crippen LogP contribution in [-0.2, 0) is 23.0 Å². The van der Waals surface area contributed by atoms with Gasteiger partial charge in [-0.05, 0) is 48.3 Å². The molecule has 0 unspecified atom stereocenters. The standard InChI is InChI=1S/C22H32O3S.K/c1-3-5-7-9-12-18-16-17-19-13-11-15-21(26(23,24)25)22(19)20(18)14-10-8-6-4-2;/h11,13,15-17H,3-10,12,14H2,1-2H3,(H,23,24,25);/q;+1/p-1. The average Bonchev–Trinajstić information content (AvgIpc) is 2.61. The van der Waals surface area contributed by atoms with Crippen LogP contribution >= 0.6 is 0 Å². The summed E-state index contributed by atoms with van der Waals surface area (Å²) >= 11 is 0. The molecule has 0 aliphatic heterocycles. The van der Waals surface area contributed by atoms with E-state index in [4.69, 9.17) is 0 Å². The summed E-state index contributed by atoms with van der Waals surface area (Å²) in [5.41, 5.74) is 2.28. The molecule has 27 heavy (non-hydrogen) atoms. The Hall–Kier alpha value is 0.246. The van der Waals surface area contributed by atoms with Gasteiger partial charge in [0.25, 0.3) is 0 Å². The molecule has 0 saturated heterocycles. The van der Waals surface area contributed by atoms with E-state index in [1.54, 1.807) is 6.07 Å². The van der Waals surface area contributed by atoms with E-state index in [0.717, 1.165) is 43.1 Å². The van der Waals surface area contributed by atoms with E-state index >= 15 is 0 Å². The molecule has 2 aromatic rings. The molecule has 0 radical (unpaired) electrons. The van der Waals surface area contributed by atoms with Gasteiger partial charge in [-0.25, -0.2) is 8.42 Å². The molecule has 0 fully saturated rings. The fourth-order valence-electron chi connectivity index (χ4n) is 3.66. The van der Waals surface area contributed by atoms with Crippen molar-refractivity contribution >= 4 is 20.9 Å². The van der Waals surface area contributed by atoms with Crippen LogP contribution in [0.1, 0.15) is 76.3 Å². The Bertz CT molecular complexity index is 816. The Balaban J connectivity index is 0.00000364. The molecule has 144 valence electrons. The van der Waals surface area contributed by atoms with Crippen molar-refractivity contribution in [1.29, 1.82) is 0 Å². The van der Waals surface area contributed by atoms with Gasteiger partial charge in [0.15, 0.2) is 0 Å². The molecule has 0 aromatic heterocycles. The van der Waals surface area contributed by atoms with Crippen LogP contribution in [0.3, 0.4) is 0 Å². The van der Waals surface area contributed by atoms with Gasteiger partial charge in [0.2, 0.25) is 0 Å². The predicted molar refractivity (Wildman–Crippen MR) is 108 cm³/mol. The smallest absolute Gasteiger partial charge is 0.744 e. The molecule has 0 aliphatic carbocycles. The average molecular weight is 415 g/mol. The summed E-state index contributed by atoms with van der Waals surface area (Å²) in [7, 11) is -4.48. The molecule has 0 amide bonds. The number of unbranched alkanes of at least 4 members (excludes halogenated alkanes) is 6. The van der Waals surface area contributed by atoms with Crippen LogP contribution in [0.2, 0.25) is 0 Å². The Labute approximate surface area is 207 Å². The second kappa shape index (κ2) is 12.7. The van der Waals surface area contributed by atoms with Gasteiger partial charge in [0, 0.05) is 5.39 Å². The fourth-order valence-corrected chi connectivity index (χ4v) is 4.40. The van der Waals surface area contributed by atoms with Gasteiger partial charge in [0.1, 0.15) is 10.1 Å². The molecular formula is C22H31KO3S. The van der Waals surface area contributed by atoms with Crippen LogP contribution < -0.4 is 51.4 Å². The molecule has 0 spiro atoms. The molecule has 0 bridgehead atoms. The van der Waals surface area contributed by atoms with Crippen LogP contribution in [-0.4, -0.2) is 13.0 Å². The number of fused-ring (bicyclic) bond motifs is 1. The van der Waals surface area contributed by atoms with Gasteiger partial charge >= 0.3 is 51.4 Å². The summed E-state index contributed by atoms with van der Waals surface area (Å²) in [5, 5.41) is 1.51. The van der Waals surface area contributed by atoms with Gasteiger partial charge < -0.3 is 4.55 Å². The number of hydrogen-bond acceptors (Lipinski definition) is 3. The number of rotatable bonds is 11. The minimum absolute atomic E-state index is 0. The first-order valence-electron chi connectivity index (χ1n) is 9.98. The predicted octanol–water partition coefficient (Wildman–Crippen LogP) is 2.99. The monoisotopic (exact) mass is 414 g/mol. The van der Waals surface area contributed by atoms with Gasteiger partial charge in [-0.2, -0.15) is 0 Å². The zero-order valence-electron chi connectivity index (χ0n) is 17.1. The summed E-state index contributed by atoms with van der Waals surface area (Å²) in [6.45, 7) is 4.37. The quantitative estimate of drug-likeness (QED) is 0.323. The summed E-state index contributed by atoms with van der Waals surface area (Å²) in [6, 6.07) is 9.12. The van der Waals surface area contributed by atoms with Crippen molar-refractivity contribution in [2.24, 2.45) is 0 Å². The van der Waals surface area contributed by atoms with E-state index < -0.39 is 10.1 Å². The summed E-state index contributed by atoms with van der Waals surface area (Å²) in [4.78, 5) is -0.0594. The molecule has 0 N–H and O–H groups in total. The first-order chi connectivity index (χ1) is 12.5. The molecule has 0 saturated carbocycles. The first-order valence-corrected chi connectivity index (χ1v) is 11.4. The van der Waals surface area contributed by atoms with Crippen molar-refractivity contribution in [2.75, 3.05) is 0 Å². The van der Waals surface area contributed by atoms with Crippen LogP contribution in [0.4, 0.5) is 0 Å². The van der Waals surface area contributed by atoms with E-state index in [0.29, 0.717) is 5.39 Å². The van der Waals surface area contributed by atoms with Crippen LogP contribution in [0.5, 0.6) is 0 Å². The maximum absolute atomic E-state index is 11.8. The zero-order valence-corrected chi connectivity index (χ0v) is 21.0. The van der Waals surface area contributed by atoms with Crippen LogP contribution in [0.15, 0.2) is 35.2 Å². The third kappa shape index (κ3) is 7.54. The maximum atomic E-state index is 11.8. The zero-order chi connectivity index (χ0) is 19.0. The summed E-state index contributed by atoms with van der Waals surface area (Å²) < 4.78 is 35.5. The van der Waals surface area contributed by atoms with Crippen molar-refractivity contribution in [3.8, 4) is 0 Å². The van der Waals surface area contributed by atoms with E-state index in [1.807, 2.05) is 12.1 Å². The van der Waals surface area contributed by atoms with Crippen molar-refractivity contribution in [3.63, 3.8) is 0 Å². The maximum Gasteiger partial charge on any atom is 1.00 e. The largest absolute Gasteiger partial charge is 1.00 e. The number of aryl methyl sites for hydroxylation is 2. The van der Waals surface area contributed by atoms with Crippen LogP contribution in [0.25, 0.3) is 10.8 Å². The van der Waals surface area contributed by atoms with Gasteiger partial charge in [-0.3, -0.25) is 0 Å². The van der Waals surface area contributed by atoms with Gasteiger partial charge in [-0.1, -0.05) is 76.6 Å². The fraction of sp³-hybridized carbons (Fsp3) is 0.545. The Morgan fingerprint density at radius 2 is 1.44 bits per heavy atom. The third-order valence-electron chi connectivity index (χ3n) is 5.06. The Kier molecular flexibility index (Phi) is 11.9. The van der Waals surface area contributed by atoms with Crippen molar-refractivity contribution in [1.82, 2.24) is 0 Å². The third-order valence-corrected chi connectivity index (χ3v) is 5.94. The van der Waals surface area contributed by atoms with Crippen LogP contribution in [0, 0.1) is 0 Å². The molecule has 5 heteroatoms. The Morgan fingerprint density at radius 3 is 2.04 bits per heavy atom. The SMILES string of the molecule is CCCCCCc1ccc2cccc(S(=O)(=O)[O-])c2c1CCCCCC.[K+]. The van der Waals surface area contributed by atoms with E-state index in [9.17, 15) is 13.0 Å². The topological polar surface area (TPSA) is 57.2 Å².